The van der Waals surface area contributed by atoms with E-state index in [-0.39, 0.29) is 163 Å². The van der Waals surface area contributed by atoms with Crippen LogP contribution in [-0.2, 0) is 139 Å². The summed E-state index contributed by atoms with van der Waals surface area (Å²) in [4.78, 5) is 164. The van der Waals surface area contributed by atoms with E-state index in [0.717, 1.165) is 94.5 Å². The van der Waals surface area contributed by atoms with Crippen molar-refractivity contribution >= 4 is 166 Å². The molecule has 6 fully saturated rings. The van der Waals surface area contributed by atoms with Crippen LogP contribution in [0.3, 0.4) is 0 Å². The third-order valence-corrected chi connectivity index (χ3v) is 36.0. The van der Waals surface area contributed by atoms with E-state index in [1.807, 2.05) is 23.5 Å². The van der Waals surface area contributed by atoms with Crippen LogP contribution in [0.4, 0.5) is 0 Å². The minimum absolute atomic E-state index is 0.0272. The van der Waals surface area contributed by atoms with Crippen LogP contribution < -0.4 is 0 Å². The van der Waals surface area contributed by atoms with Gasteiger partial charge in [-0.2, -0.15) is 50.8 Å². The van der Waals surface area contributed by atoms with E-state index in [4.69, 9.17) is 61.3 Å². The number of benzene rings is 1. The van der Waals surface area contributed by atoms with E-state index >= 15 is 0 Å². The van der Waals surface area contributed by atoms with Gasteiger partial charge < -0.3 is 71.4 Å². The number of esters is 10. The molecule has 42 nitrogen and oxygen atoms in total. The van der Waals surface area contributed by atoms with Crippen molar-refractivity contribution < 1.29 is 148 Å². The Morgan fingerprint density at radius 3 is 1.41 bits per heavy atom. The number of H-pyrrole nitrogens is 1. The number of aliphatic hydroxyl groups is 1. The smallest absolute Gasteiger partial charge is 0.359 e. The van der Waals surface area contributed by atoms with E-state index in [1.165, 1.54) is 68.4 Å². The first-order valence-electron chi connectivity index (χ1n) is 42.4. The van der Waals surface area contributed by atoms with Gasteiger partial charge in [-0.15, -0.1) is 23.5 Å². The molecular weight excluding hydrogens is 2010 g/mol. The first kappa shape index (κ1) is 104. The number of carbonyl (C=O) groups excluding carboxylic acids is 14. The Labute approximate surface area is 794 Å². The third-order valence-electron chi connectivity index (χ3n) is 22.9. The van der Waals surface area contributed by atoms with Crippen LogP contribution in [0.15, 0.2) is 24.3 Å². The maximum Gasteiger partial charge on any atom is 0.359 e. The number of nitrogens with one attached hydrogen (secondary N) is 1. The van der Waals surface area contributed by atoms with Crippen LogP contribution in [0.1, 0.15) is 252 Å². The summed E-state index contributed by atoms with van der Waals surface area (Å²) in [7, 11) is 9.72. The number of rotatable bonds is 28. The summed E-state index contributed by atoms with van der Waals surface area (Å²) in [5.41, 5.74) is 9.59. The molecule has 133 heavy (non-hydrogen) atoms. The van der Waals surface area contributed by atoms with Crippen LogP contribution in [0.2, 0.25) is 0 Å². The van der Waals surface area contributed by atoms with Crippen molar-refractivity contribution in [2.45, 2.75) is 159 Å². The number of thiol groups is 2. The van der Waals surface area contributed by atoms with Crippen LogP contribution in [-0.4, -0.2) is 267 Å². The van der Waals surface area contributed by atoms with E-state index in [9.17, 15) is 72.2 Å². The molecule has 12 aliphatic rings. The molecule has 2 aliphatic heterocycles. The topological polar surface area (TPSA) is 516 Å². The number of hydrogen-bond acceptors (Lipinski definition) is 41. The number of alkyl halides is 2. The van der Waals surface area contributed by atoms with Gasteiger partial charge in [0.1, 0.15) is 67.1 Å². The minimum atomic E-state index is -5.01. The van der Waals surface area contributed by atoms with Gasteiger partial charge in [-0.1, -0.05) is 15.9 Å². The second-order valence-electron chi connectivity index (χ2n) is 31.2. The van der Waals surface area contributed by atoms with Gasteiger partial charge in [0, 0.05) is 59.5 Å². The van der Waals surface area contributed by atoms with Gasteiger partial charge in [-0.3, -0.25) is 47.9 Å². The molecule has 10 aliphatic carbocycles. The van der Waals surface area contributed by atoms with Crippen LogP contribution in [0, 0.1) is 33.2 Å². The Balaban J connectivity index is 0.000000151. The number of halogens is 2. The summed E-state index contributed by atoms with van der Waals surface area (Å²) in [5, 5.41) is 34.5. The number of ketones is 1. The summed E-state index contributed by atoms with van der Waals surface area (Å²) < 4.78 is 91.3. The van der Waals surface area contributed by atoms with Crippen molar-refractivity contribution in [3.05, 3.63) is 118 Å². The minimum Gasteiger partial charge on any atom is -0.468 e. The number of carbonyl (C=O) groups is 14. The predicted molar refractivity (Wildman–Crippen MR) is 484 cm³/mol. The zero-order valence-electron chi connectivity index (χ0n) is 75.8. The van der Waals surface area contributed by atoms with Crippen molar-refractivity contribution in [1.29, 1.82) is 0 Å². The summed E-state index contributed by atoms with van der Waals surface area (Å²) in [5.74, 6) is 0.249. The van der Waals surface area contributed by atoms with Crippen LogP contribution in [0.25, 0.3) is 0 Å². The Hall–Kier alpha value is -9.54. The number of thioether (sulfide) groups is 2. The fourth-order valence-electron chi connectivity index (χ4n) is 17.3. The van der Waals surface area contributed by atoms with Gasteiger partial charge in [0.15, 0.2) is 34.3 Å². The predicted octanol–water partition coefficient (Wildman–Crippen LogP) is 8.78. The number of aromatic amines is 1. The number of ether oxygens (including phenoxy) is 14. The molecule has 7 heterocycles. The molecule has 48 heteroatoms. The maximum atomic E-state index is 12.3. The zero-order chi connectivity index (χ0) is 97.0. The molecule has 13 atom stereocenters. The van der Waals surface area contributed by atoms with Crippen LogP contribution in [0.5, 0.6) is 0 Å². The Morgan fingerprint density at radius 1 is 0.511 bits per heavy atom. The standard InChI is InChI=1S/C15H20N2O6.C15H18N2O4S2.C13H16N2O5.C13H14N2O5.C12H13IO6.C12H16N2O4.C3H5BrO2.C2H6S2/c1-4-22-15(19)12-11-8-5-9(8)14(23-7-20-2)13(11)17(16-12)6-10(18)21-3;1-3-21-14(19)12-11-8-6-9(8)15(22-4-5-23-15)13(11)17(16-12)7-10(18)20-2;2*1-3-20-13(18)10-9-6-4-7(6)12(17)11(9)15(14-10)5-8(16)19-2;1-8(14)17-13(3,18-9(2)15)11-7-5-4-6-10(11)12(16)19-13;1-3-17-12(15)10-8-6-4-7(6)11(18-5-16-2)9(8)13-14-10;1-6-3(5)2-4;3-1-2-4/h8-9,14H,4-7H2,1-3H3;8-9H,3-7H2,1-2H3;6-7,12,17H,3-5H2,1-2H3;6-7H,3-5H2,1-2H3;4-7H,1-3H3;6-7,11H,3-5H2,1-2H3,(H,13,14);2H2,1H3;3-4H,1-2H2/t8-,9+,14?;8-,9+;6-,7+,12?;6-,7+;;6-,7+,11?;;/m0000.0../s1. The molecular formula is C85H108BrIN10O32S4. The molecule has 6 aromatic rings. The van der Waals surface area contributed by atoms with Gasteiger partial charge in [0.05, 0.1) is 97.5 Å². The van der Waals surface area contributed by atoms with Crippen molar-refractivity contribution in [1.82, 2.24) is 49.3 Å². The van der Waals surface area contributed by atoms with E-state index in [2.05, 4.69) is 86.0 Å². The second-order valence-corrected chi connectivity index (χ2v) is 44.2. The summed E-state index contributed by atoms with van der Waals surface area (Å²) in [6.45, 7) is 12.6. The van der Waals surface area contributed by atoms with Crippen molar-refractivity contribution in [2.24, 2.45) is 29.6 Å². The van der Waals surface area contributed by atoms with E-state index in [1.54, 1.807) is 77.8 Å². The third kappa shape index (κ3) is 22.1. The van der Waals surface area contributed by atoms with Gasteiger partial charge in [-0.05, 0) is 131 Å². The summed E-state index contributed by atoms with van der Waals surface area (Å²) in [6, 6.07) is 6.45. The Bertz CT molecular complexity index is 5380. The molecule has 5 saturated carbocycles. The van der Waals surface area contributed by atoms with Gasteiger partial charge in [0.2, 0.25) is 0 Å². The zero-order valence-corrected chi connectivity index (χ0v) is 82.9. The first-order chi connectivity index (χ1) is 63.6. The maximum absolute atomic E-state index is 12.3. The molecule has 2 N–H and O–H groups in total. The molecule has 728 valence electrons. The molecule has 0 bridgehead atoms. The summed E-state index contributed by atoms with van der Waals surface area (Å²) >= 11 is 9.44. The molecule has 3 unspecified atom stereocenters. The molecule has 1 spiro atoms. The monoisotopic (exact) mass is 2110 g/mol. The first-order valence-corrected chi connectivity index (χ1v) is 52.7. The quantitative estimate of drug-likeness (QED) is 0.00889. The fraction of sp³-hybridized carbons (Fsp3) is 0.588. The van der Waals surface area contributed by atoms with Crippen molar-refractivity contribution in [3.63, 3.8) is 0 Å². The fourth-order valence-corrected chi connectivity index (χ4v) is 29.0. The average Bonchev–Trinajstić information content (AvgIpc) is 1.50. The number of aliphatic hydroxyl groups excluding tert-OH is 1. The number of hydrogen-bond donors (Lipinski definition) is 4. The van der Waals surface area contributed by atoms with E-state index < -0.39 is 78.1 Å². The van der Waals surface area contributed by atoms with Gasteiger partial charge in [0.25, 0.3) is 0 Å². The largest absolute Gasteiger partial charge is 0.468 e. The normalized spacial score (nSPS) is 23.1. The van der Waals surface area contributed by atoms with E-state index in [0.29, 0.717) is 74.7 Å². The number of fused-ring (bicyclic) bond motifs is 18. The molecule has 1 saturated heterocycles. The number of methoxy groups -OCH3 is 7. The number of aromatic nitrogens is 10. The molecule has 5 aromatic heterocycles. The molecule has 0 amide bonds. The van der Waals surface area contributed by atoms with Gasteiger partial charge >= 0.3 is 172 Å². The molecule has 18 rings (SSSR count). The van der Waals surface area contributed by atoms with Crippen LogP contribution >= 0.6 is 83.0 Å². The Morgan fingerprint density at radius 2 is 0.932 bits per heavy atom. The summed E-state index contributed by atoms with van der Waals surface area (Å²) in [6.07, 6.45) is 3.77. The number of Topliss-reactive ketones (excluding diaryl/α,β-unsaturated/α-hetero) is 1. The molecule has 1 aromatic carbocycles. The average molecular weight is 2120 g/mol. The van der Waals surface area contributed by atoms with Crippen molar-refractivity contribution in [2.75, 3.05) is 130 Å². The Kier molecular flexibility index (Phi) is 35.1. The number of nitrogens with zero attached hydrogens (tertiary/aromatic N) is 9. The van der Waals surface area contributed by atoms with Crippen molar-refractivity contribution in [3.8, 4) is 0 Å². The van der Waals surface area contributed by atoms with Gasteiger partial charge in [-0.25, -0.2) is 28.7 Å². The second kappa shape index (κ2) is 45.0. The SMILES string of the molecule is CC(=O)OI1(C)(OC(C)=O)OC(=O)c2ccccc21.CCOC(=O)c1n[nH]c2c1[C@H]1C[C@H]1C2OCOC.CCOC(=O)c1nn(CC(=O)OC)c2c1[C@H]1C[C@H]1C21SCCS1.CCOC(=O)c1nn(CC(=O)OC)c2c1[C@H]1C[C@H]1C2=O.CCOC(=O)c1nn(CC(=O)OC)c2c1[C@H]1C[C@H]1C2O.CCOC(=O)c1nn(CC(=O)OC)c2c1[C@H]1C[C@H]1C2OCOC.COC(=O)CBr.SCCS. The molecule has 0 radical (unpaired) electrons.